The van der Waals surface area contributed by atoms with Gasteiger partial charge in [-0.25, -0.2) is 8.42 Å². The third kappa shape index (κ3) is 4.60. The molecule has 6 nitrogen and oxygen atoms in total. The summed E-state index contributed by atoms with van der Waals surface area (Å²) in [6, 6.07) is 13.7. The molecule has 0 saturated carbocycles. The van der Waals surface area contributed by atoms with Gasteiger partial charge in [0.15, 0.2) is 0 Å². The Balaban J connectivity index is 1.69. The molecule has 2 N–H and O–H groups in total. The van der Waals surface area contributed by atoms with Gasteiger partial charge in [0.1, 0.15) is 0 Å². The second-order valence-electron chi connectivity index (χ2n) is 7.55. The molecule has 0 bridgehead atoms. The second-order valence-corrected chi connectivity index (χ2v) is 9.55. The maximum atomic E-state index is 12.9. The zero-order valence-electron chi connectivity index (χ0n) is 16.6. The van der Waals surface area contributed by atoms with Crippen LogP contribution in [0.2, 0.25) is 0 Å². The summed E-state index contributed by atoms with van der Waals surface area (Å²) in [6.07, 6.45) is 1.73. The van der Waals surface area contributed by atoms with Crippen molar-refractivity contribution < 1.29 is 18.1 Å². The van der Waals surface area contributed by atoms with Gasteiger partial charge >= 0.3 is 0 Å². The number of hydrogen-bond donors (Lipinski definition) is 2. The number of likely N-dealkylation sites (tertiary alicyclic amines) is 1. The monoisotopic (exact) mass is 402 g/mol. The molecule has 150 valence electrons. The maximum absolute atomic E-state index is 12.9. The van der Waals surface area contributed by atoms with E-state index >= 15 is 0 Å². The maximum Gasteiger partial charge on any atom is 0.255 e. The third-order valence-corrected chi connectivity index (χ3v) is 7.35. The van der Waals surface area contributed by atoms with E-state index in [9.17, 15) is 13.2 Å². The molecule has 2 aromatic carbocycles. The number of carbonyl (C=O) groups is 1. The predicted molar refractivity (Wildman–Crippen MR) is 110 cm³/mol. The Labute approximate surface area is 167 Å². The fourth-order valence-corrected chi connectivity index (χ4v) is 4.86. The summed E-state index contributed by atoms with van der Waals surface area (Å²) in [5.41, 5.74) is 2.21. The molecule has 28 heavy (non-hydrogen) atoms. The molecule has 0 aromatic heterocycles. The number of aryl methyl sites for hydroxylation is 1. The highest BCUT2D eigenvalue weighted by Gasteiger charge is 2.31. The summed E-state index contributed by atoms with van der Waals surface area (Å²) >= 11 is 0. The van der Waals surface area contributed by atoms with Gasteiger partial charge in [0, 0.05) is 37.2 Å². The molecule has 2 aromatic rings. The van der Waals surface area contributed by atoms with E-state index in [1.165, 1.54) is 9.21 Å². The number of sulfonamides is 1. The summed E-state index contributed by atoms with van der Waals surface area (Å²) < 4.78 is 27.4. The van der Waals surface area contributed by atoms with Crippen LogP contribution >= 0.6 is 0 Å². The zero-order valence-corrected chi connectivity index (χ0v) is 17.4. The van der Waals surface area contributed by atoms with Crippen molar-refractivity contribution in [3.05, 3.63) is 59.7 Å². The minimum atomic E-state index is -3.55. The summed E-state index contributed by atoms with van der Waals surface area (Å²) in [5.74, 6) is -0.221. The van der Waals surface area contributed by atoms with Gasteiger partial charge in [-0.1, -0.05) is 17.7 Å². The molecule has 0 atom stereocenters. The van der Waals surface area contributed by atoms with Crippen molar-refractivity contribution in [1.29, 1.82) is 0 Å². The first-order valence-corrected chi connectivity index (χ1v) is 11.0. The minimum Gasteiger partial charge on any atom is -0.337 e. The quantitative estimate of drug-likeness (QED) is 0.797. The lowest BCUT2D eigenvalue weighted by molar-refractivity contribution is -0.885. The molecule has 0 spiro atoms. The van der Waals surface area contributed by atoms with Crippen LogP contribution in [0.1, 0.15) is 28.8 Å². The number of nitrogens with zero attached hydrogens (tertiary/aromatic N) is 1. The molecular formula is C21H28N3O3S+. The lowest BCUT2D eigenvalue weighted by Crippen LogP contribution is -3.10. The Morgan fingerprint density at radius 1 is 1.04 bits per heavy atom. The van der Waals surface area contributed by atoms with Crippen LogP contribution in [0.3, 0.4) is 0 Å². The number of quaternary nitrogens is 1. The number of anilines is 1. The van der Waals surface area contributed by atoms with Gasteiger partial charge in [0.2, 0.25) is 10.0 Å². The smallest absolute Gasteiger partial charge is 0.255 e. The van der Waals surface area contributed by atoms with Crippen LogP contribution in [0.4, 0.5) is 5.69 Å². The number of piperidine rings is 1. The first-order chi connectivity index (χ1) is 13.3. The van der Waals surface area contributed by atoms with Gasteiger partial charge in [0.25, 0.3) is 5.91 Å². The number of carbonyl (C=O) groups excluding carboxylic acids is 1. The number of nitrogens with one attached hydrogen (secondary N) is 2. The van der Waals surface area contributed by atoms with Crippen molar-refractivity contribution in [3.63, 3.8) is 0 Å². The van der Waals surface area contributed by atoms with Crippen LogP contribution in [0.25, 0.3) is 0 Å². The molecule has 1 saturated heterocycles. The van der Waals surface area contributed by atoms with Crippen molar-refractivity contribution in [2.24, 2.45) is 0 Å². The number of rotatable bonds is 5. The minimum absolute atomic E-state index is 0.0367. The largest absolute Gasteiger partial charge is 0.337 e. The van der Waals surface area contributed by atoms with E-state index in [0.717, 1.165) is 31.5 Å². The number of benzene rings is 2. The third-order valence-electron chi connectivity index (χ3n) is 5.43. The van der Waals surface area contributed by atoms with Crippen molar-refractivity contribution in [3.8, 4) is 0 Å². The van der Waals surface area contributed by atoms with E-state index in [4.69, 9.17) is 0 Å². The van der Waals surface area contributed by atoms with Crippen molar-refractivity contribution in [2.75, 3.05) is 32.5 Å². The average molecular weight is 403 g/mol. The molecule has 7 heteroatoms. The second kappa shape index (κ2) is 8.43. The molecule has 3 rings (SSSR count). The van der Waals surface area contributed by atoms with Crippen LogP contribution in [0.5, 0.6) is 0 Å². The summed E-state index contributed by atoms with van der Waals surface area (Å²) in [5, 5.41) is 2.80. The molecular weight excluding hydrogens is 374 g/mol. The molecule has 1 fully saturated rings. The number of hydrogen-bond acceptors (Lipinski definition) is 3. The SMILES string of the molecule is Cc1ccc(C(=O)Nc2ccc(S(=O)(=O)N(C)C3CC[NH+](C)CC3)cc2)cc1. The Kier molecular flexibility index (Phi) is 6.17. The highest BCUT2D eigenvalue weighted by Crippen LogP contribution is 2.22. The van der Waals surface area contributed by atoms with E-state index in [-0.39, 0.29) is 16.8 Å². The standard InChI is InChI=1S/C21H27N3O3S/c1-16-4-6-17(7-5-16)21(25)22-18-8-10-20(11-9-18)28(26,27)24(3)19-12-14-23(2)15-13-19/h4-11,19H,12-15H2,1-3H3,(H,22,25)/p+1. The highest BCUT2D eigenvalue weighted by atomic mass is 32.2. The molecule has 1 amide bonds. The highest BCUT2D eigenvalue weighted by molar-refractivity contribution is 7.89. The van der Waals surface area contributed by atoms with Gasteiger partial charge in [-0.3, -0.25) is 4.79 Å². The molecule has 1 heterocycles. The fourth-order valence-electron chi connectivity index (χ4n) is 3.44. The van der Waals surface area contributed by atoms with Crippen molar-refractivity contribution >= 4 is 21.6 Å². The molecule has 0 unspecified atom stereocenters. The van der Waals surface area contributed by atoms with Crippen molar-refractivity contribution in [2.45, 2.75) is 30.7 Å². The summed E-state index contributed by atoms with van der Waals surface area (Å²) in [6.45, 7) is 3.92. The van der Waals surface area contributed by atoms with Crippen LogP contribution in [-0.4, -0.2) is 51.9 Å². The number of amides is 1. The van der Waals surface area contributed by atoms with Crippen LogP contribution in [0.15, 0.2) is 53.4 Å². The average Bonchev–Trinajstić information content (AvgIpc) is 2.69. The van der Waals surface area contributed by atoms with E-state index in [2.05, 4.69) is 12.4 Å². The van der Waals surface area contributed by atoms with E-state index in [0.29, 0.717) is 11.3 Å². The fraction of sp³-hybridized carbons (Fsp3) is 0.381. The lowest BCUT2D eigenvalue weighted by atomic mass is 10.1. The van der Waals surface area contributed by atoms with E-state index in [1.807, 2.05) is 19.1 Å². The topological polar surface area (TPSA) is 70.9 Å². The molecule has 1 aliphatic heterocycles. The normalized spacial score (nSPS) is 20.1. The zero-order chi connectivity index (χ0) is 20.3. The van der Waals surface area contributed by atoms with Crippen LogP contribution in [-0.2, 0) is 10.0 Å². The van der Waals surface area contributed by atoms with Crippen LogP contribution < -0.4 is 10.2 Å². The summed E-state index contributed by atoms with van der Waals surface area (Å²) in [7, 11) is 0.247. The van der Waals surface area contributed by atoms with Crippen molar-refractivity contribution in [1.82, 2.24) is 4.31 Å². The van der Waals surface area contributed by atoms with Gasteiger partial charge in [-0.15, -0.1) is 0 Å². The molecule has 1 aliphatic rings. The van der Waals surface area contributed by atoms with Crippen LogP contribution in [0, 0.1) is 6.92 Å². The Morgan fingerprint density at radius 2 is 1.61 bits per heavy atom. The Morgan fingerprint density at radius 3 is 2.18 bits per heavy atom. The molecule has 0 aliphatic carbocycles. The van der Waals surface area contributed by atoms with E-state index < -0.39 is 10.0 Å². The lowest BCUT2D eigenvalue weighted by Gasteiger charge is -2.32. The van der Waals surface area contributed by atoms with Gasteiger partial charge in [0.05, 0.1) is 25.0 Å². The Bertz CT molecular complexity index is 916. The van der Waals surface area contributed by atoms with Gasteiger partial charge in [-0.2, -0.15) is 4.31 Å². The first kappa shape index (κ1) is 20.5. The summed E-state index contributed by atoms with van der Waals surface area (Å²) in [4.78, 5) is 14.0. The van der Waals surface area contributed by atoms with Gasteiger partial charge < -0.3 is 10.2 Å². The molecule has 0 radical (unpaired) electrons. The van der Waals surface area contributed by atoms with E-state index in [1.54, 1.807) is 43.4 Å². The predicted octanol–water partition coefficient (Wildman–Crippen LogP) is 1.54. The first-order valence-electron chi connectivity index (χ1n) is 9.55. The Hall–Kier alpha value is -2.22. The van der Waals surface area contributed by atoms with Gasteiger partial charge in [-0.05, 0) is 43.3 Å².